The largest absolute Gasteiger partial charge is 0.392 e. The fourth-order valence-electron chi connectivity index (χ4n) is 4.06. The Morgan fingerprint density at radius 1 is 0.808 bits per heavy atom. The smallest absolute Gasteiger partial charge is 0.0679 e. The van der Waals surface area contributed by atoms with Crippen molar-refractivity contribution in [3.05, 3.63) is 0 Å². The summed E-state index contributed by atoms with van der Waals surface area (Å²) in [6.07, 6.45) is 7.74. The minimum Gasteiger partial charge on any atom is -0.392 e. The Hall–Kier alpha value is -0.160. The van der Waals surface area contributed by atoms with Crippen molar-refractivity contribution in [2.75, 3.05) is 19.6 Å². The summed E-state index contributed by atoms with van der Waals surface area (Å²) >= 11 is 0. The van der Waals surface area contributed by atoms with Crippen LogP contribution in [0.25, 0.3) is 0 Å². The van der Waals surface area contributed by atoms with E-state index < -0.39 is 0 Å². The van der Waals surface area contributed by atoms with Gasteiger partial charge in [0.2, 0.25) is 0 Å². The fraction of sp³-hybridized carbons (Fsp3) is 1.00. The van der Waals surface area contributed by atoms with Gasteiger partial charge in [-0.1, -0.05) is 41.5 Å². The van der Waals surface area contributed by atoms with Crippen LogP contribution >= 0.6 is 0 Å². The molecule has 26 heavy (non-hydrogen) atoms. The lowest BCUT2D eigenvalue weighted by Gasteiger charge is -2.12. The van der Waals surface area contributed by atoms with E-state index in [1.807, 2.05) is 0 Å². The van der Waals surface area contributed by atoms with Crippen molar-refractivity contribution in [3.8, 4) is 0 Å². The first kappa shape index (κ1) is 23.9. The molecule has 4 heteroatoms. The van der Waals surface area contributed by atoms with Gasteiger partial charge in [-0.05, 0) is 69.4 Å². The van der Waals surface area contributed by atoms with Gasteiger partial charge >= 0.3 is 0 Å². The number of nitrogens with one attached hydrogen (secondary N) is 3. The molecule has 4 nitrogen and oxygen atoms in total. The third-order valence-corrected chi connectivity index (χ3v) is 5.77. The third-order valence-electron chi connectivity index (χ3n) is 5.77. The van der Waals surface area contributed by atoms with Crippen LogP contribution in [-0.2, 0) is 0 Å². The molecule has 0 spiro atoms. The molecule has 0 aromatic heterocycles. The minimum absolute atomic E-state index is 0.0996. The quantitative estimate of drug-likeness (QED) is 0.612. The maximum absolute atomic E-state index is 9.09. The summed E-state index contributed by atoms with van der Waals surface area (Å²) < 4.78 is 0. The van der Waals surface area contributed by atoms with Gasteiger partial charge in [0, 0.05) is 24.7 Å². The summed E-state index contributed by atoms with van der Waals surface area (Å²) in [5, 5.41) is 19.3. The molecule has 3 saturated heterocycles. The second kappa shape index (κ2) is 13.1. The Kier molecular flexibility index (Phi) is 12.0. The molecule has 4 atom stereocenters. The molecule has 3 aliphatic rings. The highest BCUT2D eigenvalue weighted by Gasteiger charge is 2.23. The van der Waals surface area contributed by atoms with Crippen molar-refractivity contribution in [2.45, 2.75) is 104 Å². The number of aliphatic hydroxyl groups excluding tert-OH is 1. The van der Waals surface area contributed by atoms with E-state index >= 15 is 0 Å². The van der Waals surface area contributed by atoms with Crippen LogP contribution in [0.1, 0.15) is 80.1 Å². The SMILES string of the molecule is CC(C)C1CC(O)CN1.CC(C)C1CCCN1.CC(C)CC1CCCN1. The van der Waals surface area contributed by atoms with Gasteiger partial charge in [-0.15, -0.1) is 0 Å². The number of β-amino-alcohol motifs (C(OH)–C–C–N with tert-alkyl or cyclic N) is 1. The van der Waals surface area contributed by atoms with Crippen LogP contribution in [0, 0.1) is 17.8 Å². The monoisotopic (exact) mass is 369 g/mol. The average Bonchev–Trinajstić information content (AvgIpc) is 3.30. The summed E-state index contributed by atoms with van der Waals surface area (Å²) in [4.78, 5) is 0. The molecule has 3 aliphatic heterocycles. The molecule has 0 aromatic carbocycles. The molecule has 0 amide bonds. The third kappa shape index (κ3) is 10.2. The van der Waals surface area contributed by atoms with Crippen molar-refractivity contribution in [1.82, 2.24) is 16.0 Å². The molecular weight excluding hydrogens is 322 g/mol. The van der Waals surface area contributed by atoms with E-state index in [2.05, 4.69) is 57.5 Å². The molecule has 156 valence electrons. The van der Waals surface area contributed by atoms with Crippen molar-refractivity contribution in [2.24, 2.45) is 17.8 Å². The molecular formula is C22H47N3O. The predicted octanol–water partition coefficient (Wildman–Crippen LogP) is 3.54. The lowest BCUT2D eigenvalue weighted by Crippen LogP contribution is -2.26. The maximum Gasteiger partial charge on any atom is 0.0679 e. The predicted molar refractivity (Wildman–Crippen MR) is 114 cm³/mol. The first-order valence-corrected chi connectivity index (χ1v) is 11.2. The van der Waals surface area contributed by atoms with Crippen LogP contribution < -0.4 is 16.0 Å². The second-order valence-corrected chi connectivity index (χ2v) is 9.52. The Morgan fingerprint density at radius 3 is 1.73 bits per heavy atom. The summed E-state index contributed by atoms with van der Waals surface area (Å²) in [7, 11) is 0. The van der Waals surface area contributed by atoms with E-state index in [1.165, 1.54) is 45.2 Å². The first-order valence-electron chi connectivity index (χ1n) is 11.2. The highest BCUT2D eigenvalue weighted by molar-refractivity contribution is 4.82. The van der Waals surface area contributed by atoms with Gasteiger partial charge in [-0.25, -0.2) is 0 Å². The number of rotatable bonds is 4. The Balaban J connectivity index is 0.000000195. The Morgan fingerprint density at radius 2 is 1.42 bits per heavy atom. The summed E-state index contributed by atoms with van der Waals surface area (Å²) in [6.45, 7) is 16.8. The van der Waals surface area contributed by atoms with Gasteiger partial charge in [0.05, 0.1) is 6.10 Å². The minimum atomic E-state index is -0.0996. The van der Waals surface area contributed by atoms with Gasteiger partial charge < -0.3 is 21.1 Å². The van der Waals surface area contributed by atoms with Gasteiger partial charge in [-0.3, -0.25) is 0 Å². The standard InChI is InChI=1S/C8H17N.C7H15NO.C7H15N/c1-7(2)6-8-4-3-5-9-8;1-5(2)7-3-6(9)4-8-7;1-6(2)7-4-3-5-8-7/h7-9H,3-6H2,1-2H3;5-9H,3-4H2,1-2H3;6-8H,3-5H2,1-2H3. The zero-order valence-corrected chi connectivity index (χ0v) is 18.4. The van der Waals surface area contributed by atoms with Gasteiger partial charge in [0.15, 0.2) is 0 Å². The topological polar surface area (TPSA) is 56.3 Å². The Labute approximate surface area is 163 Å². The number of aliphatic hydroxyl groups is 1. The molecule has 3 rings (SSSR count). The van der Waals surface area contributed by atoms with Crippen molar-refractivity contribution >= 4 is 0 Å². The highest BCUT2D eigenvalue weighted by Crippen LogP contribution is 2.14. The molecule has 3 fully saturated rings. The van der Waals surface area contributed by atoms with Crippen molar-refractivity contribution in [3.63, 3.8) is 0 Å². The molecule has 0 aromatic rings. The maximum atomic E-state index is 9.09. The molecule has 0 aliphatic carbocycles. The normalized spacial score (nSPS) is 31.2. The molecule has 0 saturated carbocycles. The lowest BCUT2D eigenvalue weighted by atomic mass is 10.0. The van der Waals surface area contributed by atoms with E-state index in [4.69, 9.17) is 5.11 Å². The first-order chi connectivity index (χ1) is 12.3. The molecule has 3 heterocycles. The van der Waals surface area contributed by atoms with E-state index in [-0.39, 0.29) is 6.10 Å². The van der Waals surface area contributed by atoms with Gasteiger partial charge in [-0.2, -0.15) is 0 Å². The molecule has 4 N–H and O–H groups in total. The van der Waals surface area contributed by atoms with Gasteiger partial charge in [0.25, 0.3) is 0 Å². The summed E-state index contributed by atoms with van der Waals surface area (Å²) in [5.41, 5.74) is 0. The second-order valence-electron chi connectivity index (χ2n) is 9.52. The molecule has 4 unspecified atom stereocenters. The number of hydrogen-bond donors (Lipinski definition) is 4. The van der Waals surface area contributed by atoms with Crippen molar-refractivity contribution in [1.29, 1.82) is 0 Å². The number of hydrogen-bond acceptors (Lipinski definition) is 4. The van der Waals surface area contributed by atoms with E-state index in [1.54, 1.807) is 0 Å². The summed E-state index contributed by atoms with van der Waals surface area (Å²) in [5.74, 6) is 2.35. The van der Waals surface area contributed by atoms with Crippen LogP contribution in [-0.4, -0.2) is 49.0 Å². The molecule has 0 radical (unpaired) electrons. The van der Waals surface area contributed by atoms with Crippen LogP contribution in [0.2, 0.25) is 0 Å². The zero-order valence-electron chi connectivity index (χ0n) is 18.4. The van der Waals surface area contributed by atoms with Crippen LogP contribution in [0.5, 0.6) is 0 Å². The van der Waals surface area contributed by atoms with Crippen LogP contribution in [0.4, 0.5) is 0 Å². The Bertz CT molecular complexity index is 334. The lowest BCUT2D eigenvalue weighted by molar-refractivity contribution is 0.190. The van der Waals surface area contributed by atoms with Gasteiger partial charge in [0.1, 0.15) is 0 Å². The average molecular weight is 370 g/mol. The van der Waals surface area contributed by atoms with E-state index in [9.17, 15) is 0 Å². The molecule has 0 bridgehead atoms. The van der Waals surface area contributed by atoms with Crippen LogP contribution in [0.3, 0.4) is 0 Å². The van der Waals surface area contributed by atoms with E-state index in [0.717, 1.165) is 36.9 Å². The zero-order chi connectivity index (χ0) is 19.5. The highest BCUT2D eigenvalue weighted by atomic mass is 16.3. The van der Waals surface area contributed by atoms with E-state index in [0.29, 0.717) is 12.0 Å². The fourth-order valence-corrected chi connectivity index (χ4v) is 4.06. The van der Waals surface area contributed by atoms with Crippen molar-refractivity contribution < 1.29 is 5.11 Å². The summed E-state index contributed by atoms with van der Waals surface area (Å²) in [6, 6.07) is 2.19. The van der Waals surface area contributed by atoms with Crippen LogP contribution in [0.15, 0.2) is 0 Å².